The van der Waals surface area contributed by atoms with Crippen LogP contribution in [0.15, 0.2) is 48.5 Å². The number of nitrogens with one attached hydrogen (secondary N) is 1. The molecule has 0 radical (unpaired) electrons. The second kappa shape index (κ2) is 8.22. The zero-order valence-corrected chi connectivity index (χ0v) is 12.3. The van der Waals surface area contributed by atoms with Crippen molar-refractivity contribution in [3.8, 4) is 0 Å². The van der Waals surface area contributed by atoms with E-state index >= 15 is 0 Å². The Hall–Kier alpha value is -1.13. The van der Waals surface area contributed by atoms with Crippen LogP contribution < -0.4 is 5.32 Å². The predicted molar refractivity (Wildman–Crippen MR) is 81.8 cm³/mol. The van der Waals surface area contributed by atoms with Crippen molar-refractivity contribution in [1.82, 2.24) is 5.32 Å². The smallest absolute Gasteiger partial charge is 0.129 e. The molecule has 0 aliphatic rings. The predicted octanol–water partition coefficient (Wildman–Crippen LogP) is 3.72. The maximum atomic E-state index is 13.5. The third-order valence-corrected chi connectivity index (χ3v) is 3.24. The van der Waals surface area contributed by atoms with Crippen LogP contribution in [-0.2, 0) is 6.54 Å². The van der Waals surface area contributed by atoms with Crippen molar-refractivity contribution < 1.29 is 9.50 Å². The topological polar surface area (TPSA) is 32.3 Å². The zero-order valence-electron chi connectivity index (χ0n) is 10.7. The number of benzene rings is 2. The summed E-state index contributed by atoms with van der Waals surface area (Å²) < 4.78 is 13.5. The molecule has 0 amide bonds. The highest BCUT2D eigenvalue weighted by Crippen LogP contribution is 2.19. The third-order valence-electron chi connectivity index (χ3n) is 2.89. The Kier molecular flexibility index (Phi) is 6.96. The molecule has 2 rings (SSSR count). The molecule has 2 aromatic carbocycles. The summed E-state index contributed by atoms with van der Waals surface area (Å²) in [6.07, 6.45) is -0.619. The van der Waals surface area contributed by atoms with Crippen LogP contribution in [0.4, 0.5) is 4.39 Å². The Morgan fingerprint density at radius 3 is 2.45 bits per heavy atom. The summed E-state index contributed by atoms with van der Waals surface area (Å²) in [6.45, 7) is 0.629. The fraction of sp³-hybridized carbons (Fsp3) is 0.200. The van der Waals surface area contributed by atoms with Gasteiger partial charge in [0.2, 0.25) is 0 Å². The fourth-order valence-corrected chi connectivity index (χ4v) is 2.06. The van der Waals surface area contributed by atoms with Gasteiger partial charge in [0.05, 0.1) is 6.10 Å². The molecular weight excluding hydrogens is 300 g/mol. The molecule has 0 spiro atoms. The highest BCUT2D eigenvalue weighted by Gasteiger charge is 2.09. The monoisotopic (exact) mass is 315 g/mol. The summed E-state index contributed by atoms with van der Waals surface area (Å²) in [5.74, 6) is -0.339. The molecule has 0 bridgehead atoms. The van der Waals surface area contributed by atoms with Crippen molar-refractivity contribution >= 4 is 24.0 Å². The average molecular weight is 316 g/mol. The Balaban J connectivity index is 0.00000200. The molecule has 0 saturated carbocycles. The summed E-state index contributed by atoms with van der Waals surface area (Å²) in [6, 6.07) is 13.9. The molecular formula is C15H16Cl2FNO. The van der Waals surface area contributed by atoms with E-state index in [-0.39, 0.29) is 24.8 Å². The number of aliphatic hydroxyl groups excluding tert-OH is 1. The van der Waals surface area contributed by atoms with E-state index in [1.165, 1.54) is 6.07 Å². The van der Waals surface area contributed by atoms with Crippen LogP contribution in [0.3, 0.4) is 0 Å². The van der Waals surface area contributed by atoms with Gasteiger partial charge < -0.3 is 10.4 Å². The Labute approximate surface area is 129 Å². The van der Waals surface area contributed by atoms with Crippen molar-refractivity contribution in [1.29, 1.82) is 0 Å². The first-order chi connectivity index (χ1) is 9.18. The van der Waals surface area contributed by atoms with Gasteiger partial charge in [0.15, 0.2) is 0 Å². The van der Waals surface area contributed by atoms with Crippen LogP contribution in [0.2, 0.25) is 5.02 Å². The molecule has 0 aliphatic carbocycles. The maximum absolute atomic E-state index is 13.5. The van der Waals surface area contributed by atoms with Gasteiger partial charge in [-0.3, -0.25) is 0 Å². The maximum Gasteiger partial charge on any atom is 0.129 e. The molecule has 5 heteroatoms. The van der Waals surface area contributed by atoms with E-state index in [9.17, 15) is 9.50 Å². The second-order valence-corrected chi connectivity index (χ2v) is 4.66. The lowest BCUT2D eigenvalue weighted by Gasteiger charge is -2.13. The van der Waals surface area contributed by atoms with Gasteiger partial charge >= 0.3 is 0 Å². The molecule has 1 unspecified atom stereocenters. The third kappa shape index (κ3) is 4.46. The summed E-state index contributed by atoms with van der Waals surface area (Å²) in [4.78, 5) is 0. The normalized spacial score (nSPS) is 11.8. The van der Waals surface area contributed by atoms with Crippen LogP contribution in [0.5, 0.6) is 0 Å². The van der Waals surface area contributed by atoms with Crippen molar-refractivity contribution in [2.45, 2.75) is 12.6 Å². The minimum atomic E-state index is -0.619. The van der Waals surface area contributed by atoms with Crippen molar-refractivity contribution in [2.24, 2.45) is 0 Å². The van der Waals surface area contributed by atoms with Gasteiger partial charge in [-0.1, -0.05) is 48.0 Å². The first-order valence-electron chi connectivity index (χ1n) is 6.05. The largest absolute Gasteiger partial charge is 0.387 e. The standard InChI is InChI=1S/C15H15ClFNO.ClH/c16-13-7-4-8-14(17)12(13)9-18-10-15(19)11-5-2-1-3-6-11;/h1-8,15,18-19H,9-10H2;1H. The van der Waals surface area contributed by atoms with Crippen LogP contribution in [0.25, 0.3) is 0 Å². The molecule has 0 fully saturated rings. The van der Waals surface area contributed by atoms with Gasteiger partial charge in [-0.2, -0.15) is 0 Å². The van der Waals surface area contributed by atoms with E-state index in [1.807, 2.05) is 30.3 Å². The lowest BCUT2D eigenvalue weighted by Crippen LogP contribution is -2.21. The molecule has 0 saturated heterocycles. The first-order valence-corrected chi connectivity index (χ1v) is 6.43. The Morgan fingerprint density at radius 1 is 1.10 bits per heavy atom. The highest BCUT2D eigenvalue weighted by molar-refractivity contribution is 6.31. The number of rotatable bonds is 5. The van der Waals surface area contributed by atoms with Crippen molar-refractivity contribution in [2.75, 3.05) is 6.54 Å². The van der Waals surface area contributed by atoms with E-state index in [2.05, 4.69) is 5.32 Å². The van der Waals surface area contributed by atoms with E-state index in [1.54, 1.807) is 12.1 Å². The van der Waals surface area contributed by atoms with E-state index in [0.29, 0.717) is 17.1 Å². The van der Waals surface area contributed by atoms with Crippen LogP contribution in [-0.4, -0.2) is 11.7 Å². The number of hydrogen-bond acceptors (Lipinski definition) is 2. The van der Waals surface area contributed by atoms with Crippen molar-refractivity contribution in [3.05, 3.63) is 70.5 Å². The minimum absolute atomic E-state index is 0. The quantitative estimate of drug-likeness (QED) is 0.881. The van der Waals surface area contributed by atoms with Gasteiger partial charge in [-0.15, -0.1) is 12.4 Å². The van der Waals surface area contributed by atoms with Gasteiger partial charge in [-0.25, -0.2) is 4.39 Å². The SMILES string of the molecule is Cl.OC(CNCc1c(F)cccc1Cl)c1ccccc1. The zero-order chi connectivity index (χ0) is 13.7. The lowest BCUT2D eigenvalue weighted by molar-refractivity contribution is 0.174. The summed E-state index contributed by atoms with van der Waals surface area (Å²) in [5, 5.41) is 13.3. The van der Waals surface area contributed by atoms with Gasteiger partial charge in [0.25, 0.3) is 0 Å². The number of hydrogen-bond donors (Lipinski definition) is 2. The van der Waals surface area contributed by atoms with E-state index < -0.39 is 6.10 Å². The Bertz CT molecular complexity index is 516. The molecule has 0 aromatic heterocycles. The van der Waals surface area contributed by atoms with Crippen LogP contribution >= 0.6 is 24.0 Å². The summed E-state index contributed by atoms with van der Waals surface area (Å²) >= 11 is 5.92. The number of aliphatic hydroxyl groups is 1. The summed E-state index contributed by atoms with van der Waals surface area (Å²) in [7, 11) is 0. The van der Waals surface area contributed by atoms with Gasteiger partial charge in [0.1, 0.15) is 5.82 Å². The van der Waals surface area contributed by atoms with Gasteiger partial charge in [-0.05, 0) is 17.7 Å². The molecule has 0 heterocycles. The number of halogens is 3. The second-order valence-electron chi connectivity index (χ2n) is 4.26. The molecule has 1 atom stereocenters. The highest BCUT2D eigenvalue weighted by atomic mass is 35.5. The van der Waals surface area contributed by atoms with E-state index in [0.717, 1.165) is 5.56 Å². The molecule has 2 aromatic rings. The molecule has 0 aliphatic heterocycles. The van der Waals surface area contributed by atoms with E-state index in [4.69, 9.17) is 11.6 Å². The van der Waals surface area contributed by atoms with Crippen LogP contribution in [0, 0.1) is 5.82 Å². The Morgan fingerprint density at radius 2 is 1.80 bits per heavy atom. The van der Waals surface area contributed by atoms with Crippen LogP contribution in [0.1, 0.15) is 17.2 Å². The summed E-state index contributed by atoms with van der Waals surface area (Å²) in [5.41, 5.74) is 1.25. The lowest BCUT2D eigenvalue weighted by atomic mass is 10.1. The minimum Gasteiger partial charge on any atom is -0.387 e. The van der Waals surface area contributed by atoms with Gasteiger partial charge in [0, 0.05) is 23.7 Å². The molecule has 20 heavy (non-hydrogen) atoms. The first kappa shape index (κ1) is 16.9. The molecule has 2 nitrogen and oxygen atoms in total. The van der Waals surface area contributed by atoms with Crippen molar-refractivity contribution in [3.63, 3.8) is 0 Å². The fourth-order valence-electron chi connectivity index (χ4n) is 1.83. The molecule has 108 valence electrons. The average Bonchev–Trinajstić information content (AvgIpc) is 2.43. The molecule has 2 N–H and O–H groups in total.